The van der Waals surface area contributed by atoms with Gasteiger partial charge in [-0.05, 0) is 56.0 Å². The summed E-state index contributed by atoms with van der Waals surface area (Å²) in [5, 5.41) is 2.95. The summed E-state index contributed by atoms with van der Waals surface area (Å²) in [4.78, 5) is 12.7. The van der Waals surface area contributed by atoms with E-state index in [1.807, 2.05) is 39.8 Å². The summed E-state index contributed by atoms with van der Waals surface area (Å²) >= 11 is 6.33. The van der Waals surface area contributed by atoms with E-state index in [2.05, 4.69) is 10.0 Å². The highest BCUT2D eigenvalue weighted by atomic mass is 35.5. The third kappa shape index (κ3) is 5.59. The Morgan fingerprint density at radius 1 is 1.07 bits per heavy atom. The van der Waals surface area contributed by atoms with Gasteiger partial charge in [0.15, 0.2) is 0 Å². The molecular weight excluding hydrogens is 408 g/mol. The van der Waals surface area contributed by atoms with Gasteiger partial charge in [-0.15, -0.1) is 0 Å². The number of rotatable bonds is 8. The van der Waals surface area contributed by atoms with Crippen LogP contribution in [0.3, 0.4) is 0 Å². The molecule has 0 spiro atoms. The predicted octanol–water partition coefficient (Wildman–Crippen LogP) is 5.31. The minimum atomic E-state index is -3.73. The standard InChI is InChI=1S/C22H29ClN2O3S/c1-6-17(7-2)16(5)25-29(27,28)21-13-19(23)20(12-15(21)4)24-22(26)18-11-9-8-10-14(18)3/h8-13,16-17,25H,6-7H2,1-5H3,(H,24,26)/t16-/m1/s1. The minimum absolute atomic E-state index is 0.120. The van der Waals surface area contributed by atoms with Crippen LogP contribution in [0.15, 0.2) is 41.3 Å². The first-order valence-electron chi connectivity index (χ1n) is 9.80. The lowest BCUT2D eigenvalue weighted by atomic mass is 9.96. The quantitative estimate of drug-likeness (QED) is 0.588. The van der Waals surface area contributed by atoms with Crippen molar-refractivity contribution in [2.45, 2.75) is 58.4 Å². The number of anilines is 1. The average molecular weight is 437 g/mol. The van der Waals surface area contributed by atoms with E-state index in [9.17, 15) is 13.2 Å². The van der Waals surface area contributed by atoms with E-state index in [1.54, 1.807) is 25.1 Å². The normalized spacial score (nSPS) is 12.8. The molecule has 0 aliphatic heterocycles. The Morgan fingerprint density at radius 3 is 2.28 bits per heavy atom. The van der Waals surface area contributed by atoms with Gasteiger partial charge in [-0.1, -0.05) is 56.5 Å². The first-order chi connectivity index (χ1) is 13.6. The number of hydrogen-bond donors (Lipinski definition) is 2. The van der Waals surface area contributed by atoms with Crippen molar-refractivity contribution < 1.29 is 13.2 Å². The lowest BCUT2D eigenvalue weighted by Crippen LogP contribution is -2.38. The monoisotopic (exact) mass is 436 g/mol. The molecule has 0 unspecified atom stereocenters. The lowest BCUT2D eigenvalue weighted by molar-refractivity contribution is 0.102. The zero-order valence-corrected chi connectivity index (χ0v) is 19.1. The van der Waals surface area contributed by atoms with E-state index in [1.165, 1.54) is 6.07 Å². The number of nitrogens with one attached hydrogen (secondary N) is 2. The molecule has 29 heavy (non-hydrogen) atoms. The zero-order chi connectivity index (χ0) is 21.8. The van der Waals surface area contributed by atoms with Crippen molar-refractivity contribution >= 4 is 33.2 Å². The molecule has 0 fully saturated rings. The van der Waals surface area contributed by atoms with Gasteiger partial charge in [0.2, 0.25) is 10.0 Å². The second-order valence-corrected chi connectivity index (χ2v) is 9.44. The molecule has 1 atom stereocenters. The Bertz CT molecular complexity index is 986. The summed E-state index contributed by atoms with van der Waals surface area (Å²) < 4.78 is 28.6. The van der Waals surface area contributed by atoms with Gasteiger partial charge in [0.1, 0.15) is 0 Å². The second kappa shape index (κ2) is 9.74. The fraction of sp³-hybridized carbons (Fsp3) is 0.409. The first kappa shape index (κ1) is 23.4. The van der Waals surface area contributed by atoms with Gasteiger partial charge in [-0.3, -0.25) is 4.79 Å². The van der Waals surface area contributed by atoms with Crippen LogP contribution in [0.5, 0.6) is 0 Å². The molecule has 2 N–H and O–H groups in total. The van der Waals surface area contributed by atoms with Crippen LogP contribution in [0, 0.1) is 19.8 Å². The van der Waals surface area contributed by atoms with Gasteiger partial charge < -0.3 is 5.32 Å². The highest BCUT2D eigenvalue weighted by Gasteiger charge is 2.24. The van der Waals surface area contributed by atoms with Crippen LogP contribution in [0.2, 0.25) is 5.02 Å². The van der Waals surface area contributed by atoms with Crippen LogP contribution in [-0.4, -0.2) is 20.4 Å². The highest BCUT2D eigenvalue weighted by Crippen LogP contribution is 2.30. The maximum atomic E-state index is 12.9. The SMILES string of the molecule is CCC(CC)[C@@H](C)NS(=O)(=O)c1cc(Cl)c(NC(=O)c2ccccc2C)cc1C. The fourth-order valence-electron chi connectivity index (χ4n) is 3.47. The van der Waals surface area contributed by atoms with E-state index in [0.717, 1.165) is 18.4 Å². The minimum Gasteiger partial charge on any atom is -0.321 e. The number of amides is 1. The summed E-state index contributed by atoms with van der Waals surface area (Å²) in [5.74, 6) is -0.0336. The average Bonchev–Trinajstić information content (AvgIpc) is 2.65. The summed E-state index contributed by atoms with van der Waals surface area (Å²) in [7, 11) is -3.73. The van der Waals surface area contributed by atoms with E-state index in [4.69, 9.17) is 11.6 Å². The molecule has 0 heterocycles. The van der Waals surface area contributed by atoms with Gasteiger partial charge in [0, 0.05) is 11.6 Å². The van der Waals surface area contributed by atoms with Crippen molar-refractivity contribution in [3.05, 3.63) is 58.1 Å². The Hall–Kier alpha value is -1.89. The largest absolute Gasteiger partial charge is 0.321 e. The Kier molecular flexibility index (Phi) is 7.86. The first-order valence-corrected chi connectivity index (χ1v) is 11.7. The number of halogens is 1. The van der Waals surface area contributed by atoms with E-state index in [0.29, 0.717) is 16.8 Å². The molecule has 158 valence electrons. The van der Waals surface area contributed by atoms with E-state index >= 15 is 0 Å². The third-order valence-electron chi connectivity index (χ3n) is 5.29. The molecule has 0 radical (unpaired) electrons. The van der Waals surface area contributed by atoms with Gasteiger partial charge in [0.25, 0.3) is 5.91 Å². The summed E-state index contributed by atoms with van der Waals surface area (Å²) in [6.07, 6.45) is 1.79. The number of carbonyl (C=O) groups excluding carboxylic acids is 1. The van der Waals surface area contributed by atoms with Crippen LogP contribution >= 0.6 is 11.6 Å². The number of aryl methyl sites for hydroxylation is 2. The van der Waals surface area contributed by atoms with Gasteiger partial charge in [-0.2, -0.15) is 0 Å². The summed E-state index contributed by atoms with van der Waals surface area (Å²) in [6.45, 7) is 9.52. The van der Waals surface area contributed by atoms with Crippen LogP contribution < -0.4 is 10.0 Å². The van der Waals surface area contributed by atoms with Crippen molar-refractivity contribution in [2.24, 2.45) is 5.92 Å². The Labute approximate surface area is 178 Å². The predicted molar refractivity (Wildman–Crippen MR) is 119 cm³/mol. The zero-order valence-electron chi connectivity index (χ0n) is 17.5. The van der Waals surface area contributed by atoms with Crippen LogP contribution in [-0.2, 0) is 10.0 Å². The van der Waals surface area contributed by atoms with Crippen molar-refractivity contribution in [1.29, 1.82) is 0 Å². The molecule has 0 saturated heterocycles. The fourth-order valence-corrected chi connectivity index (χ4v) is 5.31. The van der Waals surface area contributed by atoms with Crippen LogP contribution in [0.4, 0.5) is 5.69 Å². The Balaban J connectivity index is 2.29. The van der Waals surface area contributed by atoms with E-state index in [-0.39, 0.29) is 27.8 Å². The molecule has 7 heteroatoms. The number of carbonyl (C=O) groups is 1. The smallest absolute Gasteiger partial charge is 0.255 e. The molecule has 5 nitrogen and oxygen atoms in total. The van der Waals surface area contributed by atoms with E-state index < -0.39 is 10.0 Å². The molecule has 0 bridgehead atoms. The van der Waals surface area contributed by atoms with Gasteiger partial charge in [-0.25, -0.2) is 13.1 Å². The molecule has 0 aliphatic carbocycles. The van der Waals surface area contributed by atoms with Crippen LogP contribution in [0.1, 0.15) is 55.1 Å². The molecule has 1 amide bonds. The molecule has 2 aromatic rings. The van der Waals surface area contributed by atoms with Gasteiger partial charge in [0.05, 0.1) is 15.6 Å². The maximum Gasteiger partial charge on any atom is 0.255 e. The molecule has 2 aromatic carbocycles. The maximum absolute atomic E-state index is 12.9. The summed E-state index contributed by atoms with van der Waals surface area (Å²) in [6, 6.07) is 10.0. The van der Waals surface area contributed by atoms with Gasteiger partial charge >= 0.3 is 0 Å². The summed E-state index contributed by atoms with van der Waals surface area (Å²) in [5.41, 5.74) is 2.28. The van der Waals surface area contributed by atoms with Crippen molar-refractivity contribution in [3.8, 4) is 0 Å². The molecule has 0 aliphatic rings. The van der Waals surface area contributed by atoms with Crippen molar-refractivity contribution in [1.82, 2.24) is 4.72 Å². The molecule has 0 aromatic heterocycles. The van der Waals surface area contributed by atoms with Crippen molar-refractivity contribution in [2.75, 3.05) is 5.32 Å². The van der Waals surface area contributed by atoms with Crippen LogP contribution in [0.25, 0.3) is 0 Å². The molecule has 2 rings (SSSR count). The lowest BCUT2D eigenvalue weighted by Gasteiger charge is -2.23. The topological polar surface area (TPSA) is 75.3 Å². The van der Waals surface area contributed by atoms with Crippen molar-refractivity contribution in [3.63, 3.8) is 0 Å². The highest BCUT2D eigenvalue weighted by molar-refractivity contribution is 7.89. The Morgan fingerprint density at radius 2 is 1.69 bits per heavy atom. The number of sulfonamides is 1. The number of benzene rings is 2. The third-order valence-corrected chi connectivity index (χ3v) is 7.30. The molecule has 0 saturated carbocycles. The second-order valence-electron chi connectivity index (χ2n) is 7.35. The number of hydrogen-bond acceptors (Lipinski definition) is 3. The molecular formula is C22H29ClN2O3S.